The lowest BCUT2D eigenvalue weighted by atomic mass is 9.86. The third kappa shape index (κ3) is 2.73. The molecule has 0 atom stereocenters. The summed E-state index contributed by atoms with van der Waals surface area (Å²) >= 11 is 0. The van der Waals surface area contributed by atoms with Gasteiger partial charge in [0.15, 0.2) is 0 Å². The number of nitrogens with one attached hydrogen (secondary N) is 2. The summed E-state index contributed by atoms with van der Waals surface area (Å²) in [6.45, 7) is 4.62. The summed E-state index contributed by atoms with van der Waals surface area (Å²) in [5.74, 6) is 1.45. The first-order chi connectivity index (χ1) is 8.93. The van der Waals surface area contributed by atoms with Gasteiger partial charge < -0.3 is 10.6 Å². The van der Waals surface area contributed by atoms with E-state index in [0.29, 0.717) is 0 Å². The average Bonchev–Trinajstić information content (AvgIpc) is 2.49. The number of hydrogen-bond donors (Lipinski definition) is 2. The molecule has 0 aromatic carbocycles. The molecule has 0 radical (unpaired) electrons. The Morgan fingerprint density at radius 2 is 1.22 bits per heavy atom. The van der Waals surface area contributed by atoms with Crippen molar-refractivity contribution in [3.63, 3.8) is 0 Å². The van der Waals surface area contributed by atoms with Crippen LogP contribution in [0.25, 0.3) is 0 Å². The van der Waals surface area contributed by atoms with Gasteiger partial charge in [0.1, 0.15) is 0 Å². The Morgan fingerprint density at radius 1 is 0.778 bits per heavy atom. The Morgan fingerprint density at radius 3 is 1.67 bits per heavy atom. The van der Waals surface area contributed by atoms with Crippen molar-refractivity contribution >= 4 is 0 Å². The largest absolute Gasteiger partial charge is 0.317 e. The zero-order chi connectivity index (χ0) is 12.2. The number of pyridine rings is 1. The maximum absolute atomic E-state index is 4.49. The number of hydrogen-bond acceptors (Lipinski definition) is 3. The van der Waals surface area contributed by atoms with Crippen molar-refractivity contribution in [1.82, 2.24) is 15.6 Å². The van der Waals surface area contributed by atoms with E-state index < -0.39 is 0 Å². The first-order valence-corrected chi connectivity index (χ1v) is 7.30. The molecule has 98 valence electrons. The molecular weight excluding hydrogens is 222 g/mol. The Kier molecular flexibility index (Phi) is 3.91. The molecule has 0 spiro atoms. The van der Waals surface area contributed by atoms with Crippen LogP contribution in [0.15, 0.2) is 18.5 Å². The van der Waals surface area contributed by atoms with Gasteiger partial charge in [0.05, 0.1) is 0 Å². The van der Waals surface area contributed by atoms with Gasteiger partial charge in [-0.3, -0.25) is 4.98 Å². The molecule has 2 fully saturated rings. The fourth-order valence-electron chi connectivity index (χ4n) is 3.23. The molecular formula is C15H23N3. The van der Waals surface area contributed by atoms with Gasteiger partial charge in [-0.1, -0.05) is 6.07 Å². The predicted molar refractivity (Wildman–Crippen MR) is 73.9 cm³/mol. The van der Waals surface area contributed by atoms with Crippen molar-refractivity contribution in [2.24, 2.45) is 0 Å². The van der Waals surface area contributed by atoms with E-state index in [1.165, 1.54) is 36.8 Å². The van der Waals surface area contributed by atoms with Crippen LogP contribution in [-0.2, 0) is 0 Å². The molecule has 3 heterocycles. The molecule has 2 aliphatic rings. The number of aromatic nitrogens is 1. The van der Waals surface area contributed by atoms with Crippen LogP contribution in [0.5, 0.6) is 0 Å². The smallest absolute Gasteiger partial charge is 0.0302 e. The first-order valence-electron chi connectivity index (χ1n) is 7.30. The molecule has 0 amide bonds. The van der Waals surface area contributed by atoms with E-state index in [0.717, 1.165) is 38.0 Å². The molecule has 3 nitrogen and oxygen atoms in total. The van der Waals surface area contributed by atoms with Gasteiger partial charge in [0, 0.05) is 12.4 Å². The van der Waals surface area contributed by atoms with Crippen LogP contribution in [-0.4, -0.2) is 31.2 Å². The van der Waals surface area contributed by atoms with Gasteiger partial charge in [-0.15, -0.1) is 0 Å². The molecule has 1 aromatic rings. The first kappa shape index (κ1) is 12.1. The molecule has 2 N–H and O–H groups in total. The Balaban J connectivity index is 1.75. The van der Waals surface area contributed by atoms with E-state index in [-0.39, 0.29) is 0 Å². The van der Waals surface area contributed by atoms with Crippen molar-refractivity contribution < 1.29 is 0 Å². The maximum atomic E-state index is 4.49. The second kappa shape index (κ2) is 5.81. The van der Waals surface area contributed by atoms with E-state index in [9.17, 15) is 0 Å². The summed E-state index contributed by atoms with van der Waals surface area (Å²) in [4.78, 5) is 4.49. The molecule has 3 heteroatoms. The topological polar surface area (TPSA) is 37.0 Å². The lowest BCUT2D eigenvalue weighted by Crippen LogP contribution is -2.27. The van der Waals surface area contributed by atoms with Crippen LogP contribution in [0, 0.1) is 0 Å². The molecule has 3 rings (SSSR count). The predicted octanol–water partition coefficient (Wildman–Crippen LogP) is 2.02. The molecule has 0 bridgehead atoms. The summed E-state index contributed by atoms with van der Waals surface area (Å²) in [7, 11) is 0. The summed E-state index contributed by atoms with van der Waals surface area (Å²) in [5, 5.41) is 6.87. The van der Waals surface area contributed by atoms with E-state index in [1.54, 1.807) is 0 Å². The van der Waals surface area contributed by atoms with Crippen LogP contribution >= 0.6 is 0 Å². The van der Waals surface area contributed by atoms with Crippen LogP contribution in [0.3, 0.4) is 0 Å². The van der Waals surface area contributed by atoms with Gasteiger partial charge in [0.25, 0.3) is 0 Å². The van der Waals surface area contributed by atoms with Gasteiger partial charge in [-0.25, -0.2) is 0 Å². The summed E-state index contributed by atoms with van der Waals surface area (Å²) < 4.78 is 0. The highest BCUT2D eigenvalue weighted by molar-refractivity contribution is 5.25. The van der Waals surface area contributed by atoms with Crippen molar-refractivity contribution in [3.8, 4) is 0 Å². The highest BCUT2D eigenvalue weighted by Gasteiger charge is 2.19. The summed E-state index contributed by atoms with van der Waals surface area (Å²) in [5.41, 5.74) is 2.93. The zero-order valence-corrected chi connectivity index (χ0v) is 11.0. The average molecular weight is 245 g/mol. The van der Waals surface area contributed by atoms with E-state index in [1.807, 2.05) is 0 Å². The fourth-order valence-corrected chi connectivity index (χ4v) is 3.23. The highest BCUT2D eigenvalue weighted by Crippen LogP contribution is 2.29. The molecule has 18 heavy (non-hydrogen) atoms. The zero-order valence-electron chi connectivity index (χ0n) is 11.0. The second-order valence-electron chi connectivity index (χ2n) is 5.60. The number of rotatable bonds is 2. The van der Waals surface area contributed by atoms with Gasteiger partial charge in [0.2, 0.25) is 0 Å². The van der Waals surface area contributed by atoms with Crippen LogP contribution in [0.2, 0.25) is 0 Å². The third-order valence-electron chi connectivity index (χ3n) is 4.40. The molecule has 2 saturated heterocycles. The minimum Gasteiger partial charge on any atom is -0.317 e. The standard InChI is InChI=1S/C15H23N3/c1-5-16-6-2-12(1)14-9-15(11-18-10-14)13-3-7-17-8-4-13/h9-13,16-17H,1-8H2. The van der Waals surface area contributed by atoms with Crippen LogP contribution in [0.1, 0.15) is 48.6 Å². The second-order valence-corrected chi connectivity index (χ2v) is 5.60. The molecule has 0 unspecified atom stereocenters. The Bertz CT molecular complexity index is 346. The summed E-state index contributed by atoms with van der Waals surface area (Å²) in [6, 6.07) is 2.43. The lowest BCUT2D eigenvalue weighted by Gasteiger charge is -2.26. The maximum Gasteiger partial charge on any atom is 0.0302 e. The van der Waals surface area contributed by atoms with Crippen molar-refractivity contribution in [2.75, 3.05) is 26.2 Å². The van der Waals surface area contributed by atoms with E-state index in [2.05, 4.69) is 34.1 Å². The molecule has 0 saturated carbocycles. The highest BCUT2D eigenvalue weighted by atomic mass is 14.9. The SMILES string of the molecule is c1ncc(C2CCNCC2)cc1C1CCNCC1. The lowest BCUT2D eigenvalue weighted by molar-refractivity contribution is 0.450. The minimum absolute atomic E-state index is 0.723. The third-order valence-corrected chi connectivity index (χ3v) is 4.40. The monoisotopic (exact) mass is 245 g/mol. The minimum atomic E-state index is 0.723. The quantitative estimate of drug-likeness (QED) is 0.837. The fraction of sp³-hybridized carbons (Fsp3) is 0.667. The number of nitrogens with zero attached hydrogens (tertiary/aromatic N) is 1. The Hall–Kier alpha value is -0.930. The van der Waals surface area contributed by atoms with Crippen molar-refractivity contribution in [3.05, 3.63) is 29.6 Å². The molecule has 0 aliphatic carbocycles. The van der Waals surface area contributed by atoms with Crippen LogP contribution in [0.4, 0.5) is 0 Å². The summed E-state index contributed by atoms with van der Waals surface area (Å²) in [6.07, 6.45) is 9.21. The molecule has 1 aromatic heterocycles. The van der Waals surface area contributed by atoms with E-state index in [4.69, 9.17) is 0 Å². The van der Waals surface area contributed by atoms with Gasteiger partial charge >= 0.3 is 0 Å². The molecule has 2 aliphatic heterocycles. The van der Waals surface area contributed by atoms with Crippen molar-refractivity contribution in [1.29, 1.82) is 0 Å². The van der Waals surface area contributed by atoms with Crippen LogP contribution < -0.4 is 10.6 Å². The van der Waals surface area contributed by atoms with Crippen molar-refractivity contribution in [2.45, 2.75) is 37.5 Å². The van der Waals surface area contributed by atoms with Gasteiger partial charge in [-0.2, -0.15) is 0 Å². The number of piperidine rings is 2. The van der Waals surface area contributed by atoms with E-state index >= 15 is 0 Å². The Labute approximate surface area is 109 Å². The normalized spacial score (nSPS) is 23.1. The van der Waals surface area contributed by atoms with Gasteiger partial charge in [-0.05, 0) is 74.8 Å².